The van der Waals surface area contributed by atoms with Gasteiger partial charge in [-0.3, -0.25) is 9.59 Å². The first-order chi connectivity index (χ1) is 7.26. The van der Waals surface area contributed by atoms with Gasteiger partial charge >= 0.3 is 5.97 Å². The predicted molar refractivity (Wildman–Crippen MR) is 60.2 cm³/mol. The van der Waals surface area contributed by atoms with Crippen molar-refractivity contribution in [2.75, 3.05) is 7.11 Å². The summed E-state index contributed by atoms with van der Waals surface area (Å²) in [5.41, 5.74) is -0.709. The minimum Gasteiger partial charge on any atom is -0.481 e. The molecular formula is C11H21NO4. The lowest BCUT2D eigenvalue weighted by Crippen LogP contribution is -2.45. The number of methoxy groups -OCH3 is 1. The van der Waals surface area contributed by atoms with Crippen LogP contribution >= 0.6 is 0 Å². The van der Waals surface area contributed by atoms with Crippen molar-refractivity contribution in [3.05, 3.63) is 0 Å². The third kappa shape index (κ3) is 7.23. The minimum absolute atomic E-state index is 0.0355. The van der Waals surface area contributed by atoms with Crippen molar-refractivity contribution in [1.29, 1.82) is 0 Å². The molecule has 0 saturated carbocycles. The number of carbonyl (C=O) groups excluding carboxylic acids is 1. The summed E-state index contributed by atoms with van der Waals surface area (Å²) >= 11 is 0. The number of hydrogen-bond donors (Lipinski definition) is 2. The van der Waals surface area contributed by atoms with Gasteiger partial charge in [0.2, 0.25) is 5.91 Å². The van der Waals surface area contributed by atoms with E-state index >= 15 is 0 Å². The largest absolute Gasteiger partial charge is 0.481 e. The molecule has 0 aliphatic carbocycles. The van der Waals surface area contributed by atoms with Gasteiger partial charge in [0.05, 0.1) is 12.5 Å². The average Bonchev–Trinajstić information content (AvgIpc) is 2.11. The molecule has 0 aromatic heterocycles. The van der Waals surface area contributed by atoms with E-state index in [0.29, 0.717) is 12.8 Å². The van der Waals surface area contributed by atoms with Crippen molar-refractivity contribution < 1.29 is 19.4 Å². The monoisotopic (exact) mass is 231 g/mol. The van der Waals surface area contributed by atoms with Crippen LogP contribution in [0, 0.1) is 0 Å². The van der Waals surface area contributed by atoms with Crippen molar-refractivity contribution in [2.24, 2.45) is 0 Å². The first-order valence-corrected chi connectivity index (χ1v) is 5.32. The van der Waals surface area contributed by atoms with Crippen LogP contribution in [-0.4, -0.2) is 35.7 Å². The SMILES string of the molecule is COC(C)CCC(=O)NC(C)(C)CC(=O)O. The van der Waals surface area contributed by atoms with Gasteiger partial charge in [0.25, 0.3) is 0 Å². The molecule has 0 radical (unpaired) electrons. The van der Waals surface area contributed by atoms with Gasteiger partial charge in [-0.2, -0.15) is 0 Å². The zero-order chi connectivity index (χ0) is 12.8. The number of hydrogen-bond acceptors (Lipinski definition) is 3. The summed E-state index contributed by atoms with van der Waals surface area (Å²) in [6.45, 7) is 5.27. The van der Waals surface area contributed by atoms with Crippen molar-refractivity contribution in [1.82, 2.24) is 5.32 Å². The van der Waals surface area contributed by atoms with E-state index in [9.17, 15) is 9.59 Å². The van der Waals surface area contributed by atoms with Gasteiger partial charge in [0.1, 0.15) is 0 Å². The molecule has 1 amide bonds. The second-order valence-corrected chi connectivity index (χ2v) is 4.59. The topological polar surface area (TPSA) is 75.6 Å². The Morgan fingerprint density at radius 3 is 2.44 bits per heavy atom. The van der Waals surface area contributed by atoms with Crippen molar-refractivity contribution >= 4 is 11.9 Å². The lowest BCUT2D eigenvalue weighted by Gasteiger charge is -2.24. The number of aliphatic carboxylic acids is 1. The Balaban J connectivity index is 3.98. The average molecular weight is 231 g/mol. The molecule has 5 heteroatoms. The molecule has 0 rings (SSSR count). The Morgan fingerprint density at radius 1 is 1.44 bits per heavy atom. The van der Waals surface area contributed by atoms with Crippen LogP contribution in [0.15, 0.2) is 0 Å². The number of carbonyl (C=O) groups is 2. The molecule has 1 atom stereocenters. The van der Waals surface area contributed by atoms with Crippen LogP contribution in [-0.2, 0) is 14.3 Å². The molecule has 0 saturated heterocycles. The fraction of sp³-hybridized carbons (Fsp3) is 0.818. The van der Waals surface area contributed by atoms with E-state index in [1.807, 2.05) is 6.92 Å². The molecular weight excluding hydrogens is 210 g/mol. The van der Waals surface area contributed by atoms with Crippen molar-refractivity contribution in [3.8, 4) is 0 Å². The van der Waals surface area contributed by atoms with E-state index in [4.69, 9.17) is 9.84 Å². The molecule has 0 heterocycles. The van der Waals surface area contributed by atoms with Crippen LogP contribution in [0.2, 0.25) is 0 Å². The van der Waals surface area contributed by atoms with Crippen LogP contribution in [0.5, 0.6) is 0 Å². The van der Waals surface area contributed by atoms with Gasteiger partial charge in [0.15, 0.2) is 0 Å². The zero-order valence-electron chi connectivity index (χ0n) is 10.4. The zero-order valence-corrected chi connectivity index (χ0v) is 10.4. The summed E-state index contributed by atoms with van der Waals surface area (Å²) in [5.74, 6) is -1.06. The first-order valence-electron chi connectivity index (χ1n) is 5.32. The third-order valence-corrected chi connectivity index (χ3v) is 2.25. The Labute approximate surface area is 96.2 Å². The Hall–Kier alpha value is -1.10. The van der Waals surface area contributed by atoms with Gasteiger partial charge in [-0.25, -0.2) is 0 Å². The highest BCUT2D eigenvalue weighted by atomic mass is 16.5. The highest BCUT2D eigenvalue weighted by Gasteiger charge is 2.23. The number of amides is 1. The van der Waals surface area contributed by atoms with E-state index in [1.54, 1.807) is 21.0 Å². The minimum atomic E-state index is -0.921. The maximum atomic E-state index is 11.5. The second-order valence-electron chi connectivity index (χ2n) is 4.59. The molecule has 94 valence electrons. The predicted octanol–water partition coefficient (Wildman–Crippen LogP) is 1.17. The Kier molecular flexibility index (Phi) is 6.03. The van der Waals surface area contributed by atoms with Crippen LogP contribution in [0.3, 0.4) is 0 Å². The fourth-order valence-corrected chi connectivity index (χ4v) is 1.31. The molecule has 5 nitrogen and oxygen atoms in total. The number of carboxylic acids is 1. The lowest BCUT2D eigenvalue weighted by atomic mass is 10.0. The van der Waals surface area contributed by atoms with Crippen molar-refractivity contribution in [2.45, 2.75) is 51.7 Å². The smallest absolute Gasteiger partial charge is 0.305 e. The molecule has 1 unspecified atom stereocenters. The first kappa shape index (κ1) is 14.9. The number of nitrogens with one attached hydrogen (secondary N) is 1. The summed E-state index contributed by atoms with van der Waals surface area (Å²) in [4.78, 5) is 22.0. The van der Waals surface area contributed by atoms with E-state index < -0.39 is 11.5 Å². The maximum Gasteiger partial charge on any atom is 0.305 e. The highest BCUT2D eigenvalue weighted by Crippen LogP contribution is 2.09. The van der Waals surface area contributed by atoms with Crippen LogP contribution in [0.25, 0.3) is 0 Å². The Bertz CT molecular complexity index is 250. The van der Waals surface area contributed by atoms with Crippen LogP contribution < -0.4 is 5.32 Å². The normalized spacial score (nSPS) is 13.2. The van der Waals surface area contributed by atoms with Gasteiger partial charge < -0.3 is 15.2 Å². The van der Waals surface area contributed by atoms with E-state index in [1.165, 1.54) is 0 Å². The molecule has 0 spiro atoms. The quantitative estimate of drug-likeness (QED) is 0.689. The molecule has 0 aromatic carbocycles. The Morgan fingerprint density at radius 2 is 2.00 bits per heavy atom. The van der Waals surface area contributed by atoms with Crippen LogP contribution in [0.4, 0.5) is 0 Å². The summed E-state index contributed by atoms with van der Waals surface area (Å²) < 4.78 is 5.02. The highest BCUT2D eigenvalue weighted by molar-refractivity contribution is 5.78. The molecule has 2 N–H and O–H groups in total. The molecule has 0 aromatic rings. The third-order valence-electron chi connectivity index (χ3n) is 2.25. The summed E-state index contributed by atoms with van der Waals surface area (Å²) in [6.07, 6.45) is 0.926. The van der Waals surface area contributed by atoms with E-state index in [-0.39, 0.29) is 18.4 Å². The van der Waals surface area contributed by atoms with Gasteiger partial charge in [-0.05, 0) is 27.2 Å². The van der Waals surface area contributed by atoms with E-state index in [0.717, 1.165) is 0 Å². The van der Waals surface area contributed by atoms with Crippen LogP contribution in [0.1, 0.15) is 40.0 Å². The molecule has 0 aliphatic heterocycles. The molecule has 0 fully saturated rings. The summed E-state index contributed by atoms with van der Waals surface area (Å²) in [6, 6.07) is 0. The molecule has 16 heavy (non-hydrogen) atoms. The van der Waals surface area contributed by atoms with Gasteiger partial charge in [-0.15, -0.1) is 0 Å². The second kappa shape index (κ2) is 6.48. The standard InChI is InChI=1S/C11H21NO4/c1-8(16-4)5-6-9(13)12-11(2,3)7-10(14)15/h8H,5-7H2,1-4H3,(H,12,13)(H,14,15). The number of rotatable bonds is 7. The summed E-state index contributed by atoms with van der Waals surface area (Å²) in [5, 5.41) is 11.3. The van der Waals surface area contributed by atoms with E-state index in [2.05, 4.69) is 5.32 Å². The number of ether oxygens (including phenoxy) is 1. The lowest BCUT2D eigenvalue weighted by molar-refractivity contribution is -0.138. The molecule has 0 bridgehead atoms. The fourth-order valence-electron chi connectivity index (χ4n) is 1.31. The molecule has 0 aliphatic rings. The number of carboxylic acid groups (broad SMARTS) is 1. The van der Waals surface area contributed by atoms with Gasteiger partial charge in [0, 0.05) is 19.1 Å². The van der Waals surface area contributed by atoms with Crippen molar-refractivity contribution in [3.63, 3.8) is 0 Å². The summed E-state index contributed by atoms with van der Waals surface area (Å²) in [7, 11) is 1.59. The van der Waals surface area contributed by atoms with Gasteiger partial charge in [-0.1, -0.05) is 0 Å². The maximum absolute atomic E-state index is 11.5.